The molecule has 2 atom stereocenters. The second-order valence-corrected chi connectivity index (χ2v) is 5.41. The van der Waals surface area contributed by atoms with Crippen LogP contribution in [0.1, 0.15) is 18.4 Å². The van der Waals surface area contributed by atoms with Crippen LogP contribution in [0.25, 0.3) is 0 Å². The number of piperidine rings is 1. The first-order valence-corrected chi connectivity index (χ1v) is 6.53. The summed E-state index contributed by atoms with van der Waals surface area (Å²) in [4.78, 5) is 11.3. The number of quaternary nitrogens is 1. The van der Waals surface area contributed by atoms with Gasteiger partial charge in [-0.05, 0) is 43.5 Å². The van der Waals surface area contributed by atoms with Crippen molar-refractivity contribution in [1.29, 1.82) is 0 Å². The first kappa shape index (κ1) is 14.3. The molecule has 2 unspecified atom stereocenters. The van der Waals surface area contributed by atoms with Crippen LogP contribution < -0.4 is 10.1 Å². The minimum atomic E-state index is -4.00. The third-order valence-corrected chi connectivity index (χ3v) is 3.99. The van der Waals surface area contributed by atoms with Gasteiger partial charge in [0.2, 0.25) is 0 Å². The summed E-state index contributed by atoms with van der Waals surface area (Å²) in [6.07, 6.45) is 1.69. The Morgan fingerprint density at radius 3 is 2.76 bits per heavy atom. The van der Waals surface area contributed by atoms with Crippen molar-refractivity contribution in [1.82, 2.24) is 5.32 Å². The van der Waals surface area contributed by atoms with Crippen molar-refractivity contribution in [3.63, 3.8) is 0 Å². The van der Waals surface area contributed by atoms with Gasteiger partial charge in [0.25, 0.3) is 11.7 Å². The Morgan fingerprint density at radius 2 is 2.19 bits per heavy atom. The van der Waals surface area contributed by atoms with Crippen LogP contribution in [-0.4, -0.2) is 24.2 Å². The normalized spacial score (nSPS) is 27.3. The number of fused-ring (bicyclic) bond motifs is 1. The minimum Gasteiger partial charge on any atom is -0.422 e. The highest BCUT2D eigenvalue weighted by Crippen LogP contribution is 2.59. The van der Waals surface area contributed by atoms with Gasteiger partial charge in [-0.15, -0.1) is 0 Å². The van der Waals surface area contributed by atoms with Gasteiger partial charge in [0.15, 0.2) is 0 Å². The Balaban J connectivity index is 1.84. The Kier molecular flexibility index (Phi) is 3.18. The summed E-state index contributed by atoms with van der Waals surface area (Å²) in [5.41, 5.74) is -0.0295. The molecule has 0 amide bonds. The van der Waals surface area contributed by atoms with Gasteiger partial charge in [-0.3, -0.25) is 0 Å². The molecule has 1 aliphatic heterocycles. The van der Waals surface area contributed by atoms with Gasteiger partial charge >= 0.3 is 5.97 Å². The molecule has 0 radical (unpaired) electrons. The van der Waals surface area contributed by atoms with Gasteiger partial charge in [0, 0.05) is 5.56 Å². The highest BCUT2D eigenvalue weighted by atomic mass is 19.6. The predicted octanol–water partition coefficient (Wildman–Crippen LogP) is 2.41. The van der Waals surface area contributed by atoms with Crippen LogP contribution in [0, 0.1) is 11.7 Å². The lowest BCUT2D eigenvalue weighted by Crippen LogP contribution is -2.31. The molecular weight excluding hydrogens is 292 g/mol. The molecule has 8 heteroatoms. The Morgan fingerprint density at radius 1 is 1.43 bits per heavy atom. The van der Waals surface area contributed by atoms with Crippen LogP contribution in [0.2, 0.25) is 0 Å². The number of hydrogen-bond donors (Lipinski definition) is 1. The van der Waals surface area contributed by atoms with Gasteiger partial charge in [0.1, 0.15) is 11.6 Å². The summed E-state index contributed by atoms with van der Waals surface area (Å²) in [5, 5.41) is -0.770. The number of ether oxygens (including phenoxy) is 1. The SMILES string of the molecule is O=C(C[N+](F)(F)F)Oc1ccc(F)cc1C12CC1CCN2. The van der Waals surface area contributed by atoms with Crippen LogP contribution in [-0.2, 0) is 10.3 Å². The fourth-order valence-electron chi connectivity index (χ4n) is 3.03. The lowest BCUT2D eigenvalue weighted by atomic mass is 10.0. The Bertz CT molecular complexity index is 590. The zero-order valence-electron chi connectivity index (χ0n) is 10.9. The van der Waals surface area contributed by atoms with Crippen molar-refractivity contribution >= 4 is 5.97 Å². The topological polar surface area (TPSA) is 38.3 Å². The molecule has 1 N–H and O–H groups in total. The first-order valence-electron chi connectivity index (χ1n) is 6.53. The summed E-state index contributed by atoms with van der Waals surface area (Å²) in [7, 11) is 0. The summed E-state index contributed by atoms with van der Waals surface area (Å²) in [5.74, 6) is -1.62. The van der Waals surface area contributed by atoms with E-state index in [1.807, 2.05) is 0 Å². The minimum absolute atomic E-state index is 0.00764. The van der Waals surface area contributed by atoms with Crippen molar-refractivity contribution in [3.8, 4) is 5.75 Å². The summed E-state index contributed by atoms with van der Waals surface area (Å²) in [6, 6.07) is 3.50. The lowest BCUT2D eigenvalue weighted by molar-refractivity contribution is -1.26. The molecule has 114 valence electrons. The second kappa shape index (κ2) is 4.67. The quantitative estimate of drug-likeness (QED) is 0.402. The zero-order chi connectivity index (χ0) is 15.3. The smallest absolute Gasteiger partial charge is 0.378 e. The molecule has 1 heterocycles. The van der Waals surface area contributed by atoms with Crippen LogP contribution >= 0.6 is 0 Å². The number of benzene rings is 1. The van der Waals surface area contributed by atoms with Crippen molar-refractivity contribution in [2.75, 3.05) is 13.1 Å². The molecule has 4 nitrogen and oxygen atoms in total. The number of rotatable bonds is 4. The van der Waals surface area contributed by atoms with Crippen LogP contribution in [0.4, 0.5) is 17.8 Å². The molecule has 1 saturated carbocycles. The molecule has 1 aromatic rings. The molecular formula is C13H13F4N2O2+. The fourth-order valence-corrected chi connectivity index (χ4v) is 3.03. The number of carbonyl (C=O) groups is 1. The fraction of sp³-hybridized carbons (Fsp3) is 0.462. The summed E-state index contributed by atoms with van der Waals surface area (Å²) in [6.45, 7) is -0.964. The molecule has 2 aliphatic rings. The van der Waals surface area contributed by atoms with Crippen molar-refractivity contribution in [3.05, 3.63) is 29.6 Å². The zero-order valence-corrected chi connectivity index (χ0v) is 10.9. The highest BCUT2D eigenvalue weighted by molar-refractivity contribution is 5.74. The maximum Gasteiger partial charge on any atom is 0.378 e. The Labute approximate surface area is 117 Å². The number of nitrogens with zero attached hydrogens (tertiary/aromatic N) is 1. The molecule has 3 rings (SSSR count). The van der Waals surface area contributed by atoms with Gasteiger partial charge in [-0.25, -0.2) is 9.18 Å². The van der Waals surface area contributed by atoms with E-state index in [0.29, 0.717) is 11.5 Å². The van der Waals surface area contributed by atoms with Gasteiger partial charge in [-0.1, -0.05) is 0 Å². The standard InChI is InChI=1S/C13H13F4N2O2/c14-9-1-2-11(21-12(20)7-19(15,16)17)10(5-9)13-6-8(13)3-4-18-13/h1-2,5,8,18H,3-4,6-7H2/q+1. The van der Waals surface area contributed by atoms with E-state index < -0.39 is 29.0 Å². The molecule has 2 fully saturated rings. The second-order valence-electron chi connectivity index (χ2n) is 5.41. The molecule has 1 aliphatic carbocycles. The maximum atomic E-state index is 13.4. The number of nitrogens with one attached hydrogen (secondary N) is 1. The third kappa shape index (κ3) is 2.73. The van der Waals surface area contributed by atoms with E-state index >= 15 is 0 Å². The summed E-state index contributed by atoms with van der Waals surface area (Å²) < 4.78 is 54.6. The molecule has 0 aromatic heterocycles. The molecule has 21 heavy (non-hydrogen) atoms. The van der Waals surface area contributed by atoms with Crippen LogP contribution in [0.15, 0.2) is 18.2 Å². The number of carbonyl (C=O) groups excluding carboxylic acids is 1. The van der Waals surface area contributed by atoms with Gasteiger partial charge in [-0.2, -0.15) is 0 Å². The molecule has 1 aromatic carbocycles. The van der Waals surface area contributed by atoms with E-state index in [1.54, 1.807) is 0 Å². The summed E-state index contributed by atoms with van der Waals surface area (Å²) >= 11 is 0. The van der Waals surface area contributed by atoms with Crippen LogP contribution in [0.3, 0.4) is 0 Å². The number of halogens is 4. The van der Waals surface area contributed by atoms with Crippen molar-refractivity contribution in [2.24, 2.45) is 5.92 Å². The van der Waals surface area contributed by atoms with E-state index in [4.69, 9.17) is 4.74 Å². The van der Waals surface area contributed by atoms with Gasteiger partial charge < -0.3 is 10.1 Å². The first-order chi connectivity index (χ1) is 9.80. The molecule has 0 spiro atoms. The molecule has 0 bridgehead atoms. The number of esters is 1. The Hall–Kier alpha value is -1.67. The predicted molar refractivity (Wildman–Crippen MR) is 62.9 cm³/mol. The maximum absolute atomic E-state index is 13.4. The van der Waals surface area contributed by atoms with E-state index in [1.165, 1.54) is 12.1 Å². The van der Waals surface area contributed by atoms with Gasteiger partial charge in [0.05, 0.1) is 19.0 Å². The average Bonchev–Trinajstić information content (AvgIpc) is 2.92. The van der Waals surface area contributed by atoms with E-state index in [-0.39, 0.29) is 5.75 Å². The average molecular weight is 305 g/mol. The lowest BCUT2D eigenvalue weighted by Gasteiger charge is -2.18. The van der Waals surface area contributed by atoms with Crippen molar-refractivity contribution < 1.29 is 32.5 Å². The van der Waals surface area contributed by atoms with E-state index in [0.717, 1.165) is 25.5 Å². The third-order valence-electron chi connectivity index (χ3n) is 3.99. The van der Waals surface area contributed by atoms with Crippen LogP contribution in [0.5, 0.6) is 5.75 Å². The monoisotopic (exact) mass is 305 g/mol. The van der Waals surface area contributed by atoms with E-state index in [2.05, 4.69) is 5.32 Å². The van der Waals surface area contributed by atoms with Crippen molar-refractivity contribution in [2.45, 2.75) is 18.4 Å². The highest BCUT2D eigenvalue weighted by Gasteiger charge is 2.59. The molecule has 1 saturated heterocycles. The van der Waals surface area contributed by atoms with E-state index in [9.17, 15) is 22.6 Å². The number of hydrogen-bond acceptors (Lipinski definition) is 3. The largest absolute Gasteiger partial charge is 0.422 e.